The summed E-state index contributed by atoms with van der Waals surface area (Å²) in [4.78, 5) is 0. The smallest absolute Gasteiger partial charge is 0.133 e. The molecule has 2 aromatic carbocycles. The Hall–Kier alpha value is -1.58. The third kappa shape index (κ3) is 3.36. The van der Waals surface area contributed by atoms with E-state index in [0.717, 1.165) is 16.3 Å². The number of hydrogen-bond donors (Lipinski definition) is 2. The van der Waals surface area contributed by atoms with E-state index in [4.69, 9.17) is 4.74 Å². The molecule has 2 aromatic rings. The van der Waals surface area contributed by atoms with Gasteiger partial charge in [0.05, 0.1) is 11.7 Å². The zero-order chi connectivity index (χ0) is 15.6. The van der Waals surface area contributed by atoms with Crippen LogP contribution >= 0.6 is 0 Å². The summed E-state index contributed by atoms with van der Waals surface area (Å²) in [7, 11) is 0. The molecule has 0 heterocycles. The Kier molecular flexibility index (Phi) is 4.55. The summed E-state index contributed by atoms with van der Waals surface area (Å²) in [5.41, 5.74) is -0.166. The van der Waals surface area contributed by atoms with Crippen molar-refractivity contribution in [2.45, 2.75) is 39.4 Å². The van der Waals surface area contributed by atoms with Gasteiger partial charge in [-0.15, -0.1) is 0 Å². The van der Waals surface area contributed by atoms with Gasteiger partial charge in [0.25, 0.3) is 0 Å². The fourth-order valence-corrected chi connectivity index (χ4v) is 2.13. The molecule has 0 radical (unpaired) electrons. The normalized spacial score (nSPS) is 16.0. The van der Waals surface area contributed by atoms with Gasteiger partial charge < -0.3 is 14.9 Å². The second-order valence-electron chi connectivity index (χ2n) is 6.18. The number of aliphatic hydroxyl groups is 2. The Labute approximate surface area is 126 Å². The molecule has 0 aromatic heterocycles. The molecule has 0 spiro atoms. The van der Waals surface area contributed by atoms with Crippen molar-refractivity contribution in [2.24, 2.45) is 5.92 Å². The Morgan fingerprint density at radius 2 is 1.76 bits per heavy atom. The molecule has 1 unspecified atom stereocenters. The lowest BCUT2D eigenvalue weighted by molar-refractivity contribution is -0.0269. The third-order valence-electron chi connectivity index (χ3n) is 4.11. The van der Waals surface area contributed by atoms with Crippen LogP contribution in [0.2, 0.25) is 0 Å². The van der Waals surface area contributed by atoms with Crippen LogP contribution in [0.3, 0.4) is 0 Å². The van der Waals surface area contributed by atoms with Gasteiger partial charge in [-0.25, -0.2) is 0 Å². The van der Waals surface area contributed by atoms with Crippen LogP contribution in [-0.2, 0) is 0 Å². The van der Waals surface area contributed by atoms with Crippen molar-refractivity contribution in [2.75, 3.05) is 6.61 Å². The number of rotatable bonds is 5. The highest BCUT2D eigenvalue weighted by Gasteiger charge is 2.27. The van der Waals surface area contributed by atoms with Gasteiger partial charge >= 0.3 is 0 Å². The van der Waals surface area contributed by atoms with Crippen LogP contribution in [0.5, 0.6) is 5.75 Å². The molecule has 3 nitrogen and oxygen atoms in total. The van der Waals surface area contributed by atoms with E-state index in [1.165, 1.54) is 0 Å². The van der Waals surface area contributed by atoms with Crippen LogP contribution in [0.4, 0.5) is 0 Å². The second-order valence-corrected chi connectivity index (χ2v) is 6.18. The predicted molar refractivity (Wildman–Crippen MR) is 85.5 cm³/mol. The Morgan fingerprint density at radius 3 is 2.38 bits per heavy atom. The molecule has 0 saturated carbocycles. The molecule has 0 fully saturated rings. The van der Waals surface area contributed by atoms with E-state index in [2.05, 4.69) is 0 Å². The first-order chi connectivity index (χ1) is 9.83. The third-order valence-corrected chi connectivity index (χ3v) is 4.11. The minimum atomic E-state index is -0.910. The molecule has 0 amide bonds. The first-order valence-corrected chi connectivity index (χ1v) is 7.38. The molecule has 0 aliphatic heterocycles. The van der Waals surface area contributed by atoms with Gasteiger partial charge in [0.15, 0.2) is 0 Å². The molecule has 114 valence electrons. The topological polar surface area (TPSA) is 49.7 Å². The maximum atomic E-state index is 10.4. The highest BCUT2D eigenvalue weighted by molar-refractivity contribution is 5.89. The quantitative estimate of drug-likeness (QED) is 0.882. The van der Waals surface area contributed by atoms with Crippen molar-refractivity contribution < 1.29 is 14.9 Å². The molecular formula is C18H24O3. The van der Waals surface area contributed by atoms with Crippen LogP contribution in [0.25, 0.3) is 10.8 Å². The number of ether oxygens (including phenoxy) is 1. The average Bonchev–Trinajstić information content (AvgIpc) is 2.44. The van der Waals surface area contributed by atoms with Crippen molar-refractivity contribution in [3.63, 3.8) is 0 Å². The number of aliphatic hydroxyl groups excluding tert-OH is 1. The molecule has 3 heteroatoms. The molecule has 2 rings (SSSR count). The molecule has 0 saturated heterocycles. The molecule has 2 N–H and O–H groups in total. The minimum Gasteiger partial charge on any atom is -0.490 e. The van der Waals surface area contributed by atoms with Crippen molar-refractivity contribution >= 4 is 10.8 Å². The van der Waals surface area contributed by atoms with Crippen LogP contribution in [-0.4, -0.2) is 22.4 Å². The van der Waals surface area contributed by atoms with E-state index in [1.807, 2.05) is 50.2 Å². The summed E-state index contributed by atoms with van der Waals surface area (Å²) in [5.74, 6) is 0.742. The van der Waals surface area contributed by atoms with Gasteiger partial charge in [0, 0.05) is 10.9 Å². The largest absolute Gasteiger partial charge is 0.490 e. The number of fused-ring (bicyclic) bond motifs is 1. The van der Waals surface area contributed by atoms with Crippen molar-refractivity contribution in [1.82, 2.24) is 0 Å². The van der Waals surface area contributed by atoms with Crippen molar-refractivity contribution in [3.05, 3.63) is 42.0 Å². The van der Waals surface area contributed by atoms with E-state index in [-0.39, 0.29) is 12.5 Å². The van der Waals surface area contributed by atoms with E-state index in [9.17, 15) is 10.2 Å². The Balaban J connectivity index is 2.42. The average molecular weight is 288 g/mol. The molecule has 0 aliphatic carbocycles. The molecule has 21 heavy (non-hydrogen) atoms. The lowest BCUT2D eigenvalue weighted by atomic mass is 9.93. The highest BCUT2D eigenvalue weighted by Crippen LogP contribution is 2.34. The molecule has 0 bridgehead atoms. The van der Waals surface area contributed by atoms with Gasteiger partial charge in [0.2, 0.25) is 0 Å². The van der Waals surface area contributed by atoms with Gasteiger partial charge in [-0.05, 0) is 25.2 Å². The fourth-order valence-electron chi connectivity index (χ4n) is 2.13. The zero-order valence-electron chi connectivity index (χ0n) is 13.1. The van der Waals surface area contributed by atoms with Gasteiger partial charge in [-0.1, -0.05) is 50.2 Å². The maximum Gasteiger partial charge on any atom is 0.133 e. The van der Waals surface area contributed by atoms with Gasteiger partial charge in [0.1, 0.15) is 12.4 Å². The summed E-state index contributed by atoms with van der Waals surface area (Å²) >= 11 is 0. The maximum absolute atomic E-state index is 10.4. The van der Waals surface area contributed by atoms with Crippen molar-refractivity contribution in [1.29, 1.82) is 0 Å². The molecule has 0 aliphatic rings. The van der Waals surface area contributed by atoms with Crippen LogP contribution in [0.15, 0.2) is 36.4 Å². The first-order valence-electron chi connectivity index (χ1n) is 7.38. The zero-order valence-corrected chi connectivity index (χ0v) is 13.1. The van der Waals surface area contributed by atoms with Gasteiger partial charge in [-0.2, -0.15) is 0 Å². The summed E-state index contributed by atoms with van der Waals surface area (Å²) in [6.07, 6.45) is -0.617. The Morgan fingerprint density at radius 1 is 1.10 bits per heavy atom. The van der Waals surface area contributed by atoms with E-state index in [0.29, 0.717) is 5.75 Å². The van der Waals surface area contributed by atoms with Crippen LogP contribution < -0.4 is 4.74 Å². The molecule has 2 atom stereocenters. The van der Waals surface area contributed by atoms with Crippen LogP contribution in [0.1, 0.15) is 39.4 Å². The lowest BCUT2D eigenvalue weighted by Gasteiger charge is -2.28. The second kappa shape index (κ2) is 6.04. The van der Waals surface area contributed by atoms with E-state index < -0.39 is 11.7 Å². The summed E-state index contributed by atoms with van der Waals surface area (Å²) in [6, 6.07) is 11.8. The van der Waals surface area contributed by atoms with E-state index >= 15 is 0 Å². The summed E-state index contributed by atoms with van der Waals surface area (Å²) in [6.45, 7) is 7.60. The number of benzene rings is 2. The van der Waals surface area contributed by atoms with Gasteiger partial charge in [-0.3, -0.25) is 0 Å². The fraction of sp³-hybridized carbons (Fsp3) is 0.444. The first kappa shape index (κ1) is 15.8. The standard InChI is InChI=1S/C18H24O3/c1-12(2)18(4,20)11-21-17-15(13(3)19)10-9-14-7-5-6-8-16(14)17/h5-10,12-13,19-20H,11H2,1-4H3/t13-,18?/m0/s1. The lowest BCUT2D eigenvalue weighted by Crippen LogP contribution is -2.38. The predicted octanol–water partition coefficient (Wildman–Crippen LogP) is 3.68. The minimum absolute atomic E-state index is 0.0856. The highest BCUT2D eigenvalue weighted by atomic mass is 16.5. The summed E-state index contributed by atoms with van der Waals surface area (Å²) in [5, 5.41) is 22.3. The molecular weight excluding hydrogens is 264 g/mol. The summed E-state index contributed by atoms with van der Waals surface area (Å²) < 4.78 is 5.93. The monoisotopic (exact) mass is 288 g/mol. The number of hydrogen-bond acceptors (Lipinski definition) is 3. The Bertz CT molecular complexity index is 615. The SMILES string of the molecule is CC(C)C(C)(O)COc1c([C@H](C)O)ccc2ccccc12. The van der Waals surface area contributed by atoms with E-state index in [1.54, 1.807) is 13.8 Å². The van der Waals surface area contributed by atoms with Crippen LogP contribution in [0, 0.1) is 5.92 Å². The van der Waals surface area contributed by atoms with Crippen molar-refractivity contribution in [3.8, 4) is 5.75 Å².